The molecule has 0 saturated carbocycles. The molecular weight excluding hydrogens is 229 g/mol. The number of hydrogen-bond donors (Lipinski definition) is 1. The van der Waals surface area contributed by atoms with Crippen LogP contribution >= 0.6 is 0 Å². The van der Waals surface area contributed by atoms with Gasteiger partial charge in [-0.05, 0) is 25.0 Å². The third-order valence-electron chi connectivity index (χ3n) is 3.16. The maximum absolute atomic E-state index is 12.7. The van der Waals surface area contributed by atoms with Crippen molar-refractivity contribution in [1.82, 2.24) is 0 Å². The largest absolute Gasteiger partial charge is 0.397 e. The predicted molar refractivity (Wildman–Crippen MR) is 61.8 cm³/mol. The first kappa shape index (κ1) is 12.1. The van der Waals surface area contributed by atoms with Gasteiger partial charge in [0.2, 0.25) is 0 Å². The summed E-state index contributed by atoms with van der Waals surface area (Å²) in [6.45, 7) is 0.651. The van der Waals surface area contributed by atoms with E-state index in [-0.39, 0.29) is 13.0 Å². The Morgan fingerprint density at radius 2 is 1.94 bits per heavy atom. The van der Waals surface area contributed by atoms with Gasteiger partial charge in [-0.3, -0.25) is 0 Å². The molecule has 1 aromatic rings. The molecule has 0 aliphatic carbocycles. The maximum atomic E-state index is 12.7. The summed E-state index contributed by atoms with van der Waals surface area (Å²) in [6.07, 6.45) is -3.34. The van der Waals surface area contributed by atoms with E-state index in [0.29, 0.717) is 24.3 Å². The van der Waals surface area contributed by atoms with Crippen LogP contribution in [-0.4, -0.2) is 19.3 Å². The second-order valence-corrected chi connectivity index (χ2v) is 4.39. The molecular formula is C12H15F3N2. The van der Waals surface area contributed by atoms with Crippen LogP contribution in [0.4, 0.5) is 24.5 Å². The monoisotopic (exact) mass is 244 g/mol. The average Bonchev–Trinajstić information content (AvgIpc) is 2.29. The van der Waals surface area contributed by atoms with Crippen molar-refractivity contribution in [3.8, 4) is 0 Å². The molecule has 1 unspecified atom stereocenters. The Hall–Kier alpha value is -1.39. The van der Waals surface area contributed by atoms with E-state index in [2.05, 4.69) is 0 Å². The third-order valence-corrected chi connectivity index (χ3v) is 3.16. The van der Waals surface area contributed by atoms with Crippen molar-refractivity contribution in [1.29, 1.82) is 0 Å². The number of nitrogens with two attached hydrogens (primary N) is 1. The lowest BCUT2D eigenvalue weighted by Crippen LogP contribution is -2.42. The van der Waals surface area contributed by atoms with E-state index in [1.54, 1.807) is 29.2 Å². The first-order valence-corrected chi connectivity index (χ1v) is 5.64. The third kappa shape index (κ3) is 2.65. The van der Waals surface area contributed by atoms with Crippen LogP contribution in [0, 0.1) is 5.92 Å². The molecule has 1 aromatic carbocycles. The van der Waals surface area contributed by atoms with E-state index in [0.717, 1.165) is 0 Å². The minimum absolute atomic E-state index is 0.0116. The van der Waals surface area contributed by atoms with E-state index in [4.69, 9.17) is 5.73 Å². The minimum Gasteiger partial charge on any atom is -0.397 e. The molecule has 2 rings (SSSR count). The minimum atomic E-state index is -4.11. The predicted octanol–water partition coefficient (Wildman–Crippen LogP) is 3.05. The van der Waals surface area contributed by atoms with Crippen molar-refractivity contribution in [3.63, 3.8) is 0 Å². The normalized spacial score (nSPS) is 21.6. The van der Waals surface area contributed by atoms with E-state index in [1.165, 1.54) is 0 Å². The van der Waals surface area contributed by atoms with Crippen LogP contribution in [0.25, 0.3) is 0 Å². The summed E-state index contributed by atoms with van der Waals surface area (Å²) in [7, 11) is 0. The number of halogens is 3. The highest BCUT2D eigenvalue weighted by Crippen LogP contribution is 2.35. The summed E-state index contributed by atoms with van der Waals surface area (Å²) in [6, 6.07) is 7.06. The van der Waals surface area contributed by atoms with Gasteiger partial charge in [-0.25, -0.2) is 0 Å². The number of nitrogens with zero attached hydrogens (tertiary/aromatic N) is 1. The van der Waals surface area contributed by atoms with E-state index in [1.807, 2.05) is 0 Å². The average molecular weight is 244 g/mol. The molecule has 2 nitrogen and oxygen atoms in total. The Balaban J connectivity index is 2.15. The lowest BCUT2D eigenvalue weighted by atomic mass is 9.97. The summed E-state index contributed by atoms with van der Waals surface area (Å²) in [5.41, 5.74) is 7.03. The molecule has 0 aromatic heterocycles. The van der Waals surface area contributed by atoms with E-state index in [9.17, 15) is 13.2 Å². The van der Waals surface area contributed by atoms with Gasteiger partial charge in [-0.1, -0.05) is 12.1 Å². The molecule has 1 heterocycles. The fourth-order valence-corrected chi connectivity index (χ4v) is 2.24. The Morgan fingerprint density at radius 3 is 2.59 bits per heavy atom. The van der Waals surface area contributed by atoms with Crippen molar-refractivity contribution in [2.45, 2.75) is 19.0 Å². The molecule has 1 aliphatic heterocycles. The number of rotatable bonds is 1. The molecule has 17 heavy (non-hydrogen) atoms. The summed E-state index contributed by atoms with van der Waals surface area (Å²) < 4.78 is 38.0. The highest BCUT2D eigenvalue weighted by atomic mass is 19.4. The maximum Gasteiger partial charge on any atom is 0.393 e. The lowest BCUT2D eigenvalue weighted by Gasteiger charge is -2.35. The van der Waals surface area contributed by atoms with E-state index < -0.39 is 12.1 Å². The first-order chi connectivity index (χ1) is 7.98. The van der Waals surface area contributed by atoms with Crippen LogP contribution in [0.1, 0.15) is 12.8 Å². The molecule has 0 amide bonds. The van der Waals surface area contributed by atoms with Crippen molar-refractivity contribution in [2.24, 2.45) is 5.92 Å². The van der Waals surface area contributed by atoms with Crippen molar-refractivity contribution in [3.05, 3.63) is 24.3 Å². The van der Waals surface area contributed by atoms with Gasteiger partial charge in [0, 0.05) is 13.1 Å². The molecule has 5 heteroatoms. The Bertz CT molecular complexity index is 390. The van der Waals surface area contributed by atoms with Gasteiger partial charge in [-0.15, -0.1) is 0 Å². The smallest absolute Gasteiger partial charge is 0.393 e. The molecule has 94 valence electrons. The fourth-order valence-electron chi connectivity index (χ4n) is 2.24. The number of anilines is 2. The number of alkyl halides is 3. The van der Waals surface area contributed by atoms with Crippen molar-refractivity contribution in [2.75, 3.05) is 23.7 Å². The molecule has 0 bridgehead atoms. The topological polar surface area (TPSA) is 29.3 Å². The zero-order chi connectivity index (χ0) is 12.5. The first-order valence-electron chi connectivity index (χ1n) is 5.64. The molecule has 1 aliphatic rings. The molecule has 1 saturated heterocycles. The lowest BCUT2D eigenvalue weighted by molar-refractivity contribution is -0.175. The SMILES string of the molecule is Nc1ccccc1N1CCCC(C(F)(F)F)C1. The molecule has 2 N–H and O–H groups in total. The number of para-hydroxylation sites is 2. The quantitative estimate of drug-likeness (QED) is 0.769. The Morgan fingerprint density at radius 1 is 1.24 bits per heavy atom. The molecule has 1 atom stereocenters. The van der Waals surface area contributed by atoms with Gasteiger partial charge in [-0.2, -0.15) is 13.2 Å². The highest BCUT2D eigenvalue weighted by Gasteiger charge is 2.41. The van der Waals surface area contributed by atoms with Gasteiger partial charge in [0.05, 0.1) is 17.3 Å². The summed E-state index contributed by atoms with van der Waals surface area (Å²) >= 11 is 0. The van der Waals surface area contributed by atoms with Gasteiger partial charge in [0.1, 0.15) is 0 Å². The fraction of sp³-hybridized carbons (Fsp3) is 0.500. The van der Waals surface area contributed by atoms with Crippen LogP contribution in [0.3, 0.4) is 0 Å². The van der Waals surface area contributed by atoms with E-state index >= 15 is 0 Å². The number of benzene rings is 1. The molecule has 1 fully saturated rings. The van der Waals surface area contributed by atoms with Gasteiger partial charge >= 0.3 is 6.18 Å². The summed E-state index contributed by atoms with van der Waals surface area (Å²) in [5.74, 6) is -1.24. The highest BCUT2D eigenvalue weighted by molar-refractivity contribution is 5.67. The number of hydrogen-bond acceptors (Lipinski definition) is 2. The van der Waals surface area contributed by atoms with Crippen molar-refractivity contribution >= 4 is 11.4 Å². The molecule has 0 radical (unpaired) electrons. The standard InChI is InChI=1S/C12H15F3N2/c13-12(14,15)9-4-3-7-17(8-9)11-6-2-1-5-10(11)16/h1-2,5-6,9H,3-4,7-8,16H2. The number of piperidine rings is 1. The second kappa shape index (κ2) is 4.47. The van der Waals surface area contributed by atoms with Crippen LogP contribution in [0.2, 0.25) is 0 Å². The van der Waals surface area contributed by atoms with Crippen LogP contribution in [-0.2, 0) is 0 Å². The second-order valence-electron chi connectivity index (χ2n) is 4.39. The Kier molecular flexibility index (Phi) is 3.17. The van der Waals surface area contributed by atoms with Crippen molar-refractivity contribution < 1.29 is 13.2 Å². The summed E-state index contributed by atoms with van der Waals surface area (Å²) in [4.78, 5) is 1.73. The van der Waals surface area contributed by atoms with Crippen LogP contribution < -0.4 is 10.6 Å². The van der Waals surface area contributed by atoms with Gasteiger partial charge < -0.3 is 10.6 Å². The van der Waals surface area contributed by atoms with Crippen LogP contribution in [0.5, 0.6) is 0 Å². The summed E-state index contributed by atoms with van der Waals surface area (Å²) in [5, 5.41) is 0. The molecule has 0 spiro atoms. The number of nitrogen functional groups attached to an aromatic ring is 1. The zero-order valence-corrected chi connectivity index (χ0v) is 9.37. The Labute approximate surface area is 98.2 Å². The zero-order valence-electron chi connectivity index (χ0n) is 9.37. The van der Waals surface area contributed by atoms with Gasteiger partial charge in [0.25, 0.3) is 0 Å². The van der Waals surface area contributed by atoms with Gasteiger partial charge in [0.15, 0.2) is 0 Å². The van der Waals surface area contributed by atoms with Crippen LogP contribution in [0.15, 0.2) is 24.3 Å².